The second kappa shape index (κ2) is 4.32. The highest BCUT2D eigenvalue weighted by Crippen LogP contribution is 2.18. The number of hydrogen-bond acceptors (Lipinski definition) is 3. The lowest BCUT2D eigenvalue weighted by Crippen LogP contribution is -2.60. The van der Waals surface area contributed by atoms with Gasteiger partial charge in [-0.2, -0.15) is 0 Å². The fourth-order valence-electron chi connectivity index (χ4n) is 1.81. The highest BCUT2D eigenvalue weighted by molar-refractivity contribution is 6.02. The highest BCUT2D eigenvalue weighted by atomic mass is 16.2. The Hall–Kier alpha value is -1.88. The van der Waals surface area contributed by atoms with E-state index < -0.39 is 11.9 Å². The number of para-hydroxylation sites is 1. The highest BCUT2D eigenvalue weighted by Gasteiger charge is 2.32. The third-order valence-electron chi connectivity index (χ3n) is 2.56. The van der Waals surface area contributed by atoms with Gasteiger partial charge in [-0.15, -0.1) is 0 Å². The van der Waals surface area contributed by atoms with Crippen LogP contribution in [0.25, 0.3) is 0 Å². The van der Waals surface area contributed by atoms with Crippen molar-refractivity contribution in [3.8, 4) is 0 Å². The number of rotatable bonds is 2. The summed E-state index contributed by atoms with van der Waals surface area (Å²) in [6.45, 7) is 0.634. The Morgan fingerprint density at radius 3 is 2.69 bits per heavy atom. The van der Waals surface area contributed by atoms with Crippen LogP contribution in [0.3, 0.4) is 0 Å². The van der Waals surface area contributed by atoms with Crippen LogP contribution in [0.2, 0.25) is 0 Å². The monoisotopic (exact) mass is 219 g/mol. The summed E-state index contributed by atoms with van der Waals surface area (Å²) >= 11 is 0. The van der Waals surface area contributed by atoms with Gasteiger partial charge in [-0.05, 0) is 12.1 Å². The van der Waals surface area contributed by atoms with Crippen LogP contribution in [-0.2, 0) is 9.59 Å². The maximum atomic E-state index is 11.8. The third kappa shape index (κ3) is 1.90. The van der Waals surface area contributed by atoms with Crippen LogP contribution >= 0.6 is 0 Å². The summed E-state index contributed by atoms with van der Waals surface area (Å²) in [6.07, 6.45) is 0. The lowest BCUT2D eigenvalue weighted by molar-refractivity contribution is -0.125. The van der Waals surface area contributed by atoms with E-state index in [4.69, 9.17) is 5.73 Å². The van der Waals surface area contributed by atoms with Gasteiger partial charge < -0.3 is 11.1 Å². The maximum Gasteiger partial charge on any atom is 0.241 e. The topological polar surface area (TPSA) is 75.4 Å². The van der Waals surface area contributed by atoms with Crippen LogP contribution in [0.4, 0.5) is 5.69 Å². The molecule has 0 spiro atoms. The second-order valence-electron chi connectivity index (χ2n) is 3.65. The van der Waals surface area contributed by atoms with Gasteiger partial charge in [-0.1, -0.05) is 18.2 Å². The molecule has 16 heavy (non-hydrogen) atoms. The minimum atomic E-state index is -0.608. The lowest BCUT2D eigenvalue weighted by atomic mass is 10.1. The predicted octanol–water partition coefficient (Wildman–Crippen LogP) is -0.523. The zero-order chi connectivity index (χ0) is 11.5. The van der Waals surface area contributed by atoms with Gasteiger partial charge in [0.15, 0.2) is 0 Å². The lowest BCUT2D eigenvalue weighted by Gasteiger charge is -2.34. The zero-order valence-corrected chi connectivity index (χ0v) is 8.72. The number of carbonyl (C=O) groups is 2. The van der Waals surface area contributed by atoms with Gasteiger partial charge in [0.25, 0.3) is 0 Å². The number of nitrogens with zero attached hydrogens (tertiary/aromatic N) is 1. The molecule has 5 heteroatoms. The normalized spacial score (nSPS) is 20.9. The van der Waals surface area contributed by atoms with E-state index in [2.05, 4.69) is 5.32 Å². The Kier molecular flexibility index (Phi) is 2.87. The van der Waals surface area contributed by atoms with Crippen molar-refractivity contribution in [2.45, 2.75) is 6.04 Å². The molecule has 3 N–H and O–H groups in total. The summed E-state index contributed by atoms with van der Waals surface area (Å²) in [5, 5.41) is 2.87. The molecule has 0 radical (unpaired) electrons. The van der Waals surface area contributed by atoms with E-state index in [0.29, 0.717) is 12.2 Å². The fraction of sp³-hybridized carbons (Fsp3) is 0.273. The van der Waals surface area contributed by atoms with E-state index >= 15 is 0 Å². The molecule has 1 atom stereocenters. The van der Waals surface area contributed by atoms with Gasteiger partial charge in [-0.25, -0.2) is 0 Å². The Balaban J connectivity index is 2.34. The summed E-state index contributed by atoms with van der Waals surface area (Å²) in [5.41, 5.74) is 5.99. The molecular formula is C11H13N3O2. The Morgan fingerprint density at radius 1 is 1.38 bits per heavy atom. The molecule has 5 nitrogen and oxygen atoms in total. The maximum absolute atomic E-state index is 11.8. The average molecular weight is 219 g/mol. The number of carbonyl (C=O) groups excluding carboxylic acids is 2. The Bertz CT molecular complexity index is 405. The first-order chi connectivity index (χ1) is 7.70. The molecule has 1 fully saturated rings. The van der Waals surface area contributed by atoms with Crippen molar-refractivity contribution in [2.24, 2.45) is 5.73 Å². The standard InChI is InChI=1S/C11H13N3O2/c12-11(16)9-6-13-7-10(15)14(9)8-4-2-1-3-5-8/h1-5,9,13H,6-7H2,(H2,12,16). The first-order valence-electron chi connectivity index (χ1n) is 5.07. The van der Waals surface area contributed by atoms with Gasteiger partial charge in [0.2, 0.25) is 11.8 Å². The van der Waals surface area contributed by atoms with E-state index in [1.807, 2.05) is 18.2 Å². The molecule has 1 heterocycles. The average Bonchev–Trinajstić information content (AvgIpc) is 2.29. The first kappa shape index (κ1) is 10.6. The second-order valence-corrected chi connectivity index (χ2v) is 3.65. The van der Waals surface area contributed by atoms with Crippen molar-refractivity contribution in [2.75, 3.05) is 18.0 Å². The molecule has 2 amide bonds. The molecule has 1 aromatic rings. The molecular weight excluding hydrogens is 206 g/mol. The minimum absolute atomic E-state index is 0.138. The quantitative estimate of drug-likeness (QED) is 0.702. The summed E-state index contributed by atoms with van der Waals surface area (Å²) < 4.78 is 0. The molecule has 1 saturated heterocycles. The van der Waals surface area contributed by atoms with E-state index in [0.717, 1.165) is 0 Å². The summed E-state index contributed by atoms with van der Waals surface area (Å²) in [6, 6.07) is 8.47. The fourth-order valence-corrected chi connectivity index (χ4v) is 1.81. The van der Waals surface area contributed by atoms with Crippen molar-refractivity contribution < 1.29 is 9.59 Å². The molecule has 2 rings (SSSR count). The Morgan fingerprint density at radius 2 is 2.06 bits per heavy atom. The van der Waals surface area contributed by atoms with E-state index in [9.17, 15) is 9.59 Å². The van der Waals surface area contributed by atoms with E-state index in [1.165, 1.54) is 4.90 Å². The molecule has 1 aromatic carbocycles. The zero-order valence-electron chi connectivity index (χ0n) is 8.72. The van der Waals surface area contributed by atoms with Crippen LogP contribution in [0.15, 0.2) is 30.3 Å². The Labute approximate surface area is 93.2 Å². The van der Waals surface area contributed by atoms with Crippen LogP contribution in [-0.4, -0.2) is 30.9 Å². The van der Waals surface area contributed by atoms with Gasteiger partial charge in [0, 0.05) is 12.2 Å². The summed E-state index contributed by atoms with van der Waals surface area (Å²) in [4.78, 5) is 24.5. The van der Waals surface area contributed by atoms with Crippen molar-refractivity contribution in [3.63, 3.8) is 0 Å². The summed E-state index contributed by atoms with van der Waals surface area (Å²) in [5.74, 6) is -0.634. The number of nitrogens with one attached hydrogen (secondary N) is 1. The van der Waals surface area contributed by atoms with Crippen molar-refractivity contribution in [1.29, 1.82) is 0 Å². The third-order valence-corrected chi connectivity index (χ3v) is 2.56. The van der Waals surface area contributed by atoms with Crippen LogP contribution in [0, 0.1) is 0 Å². The molecule has 0 saturated carbocycles. The van der Waals surface area contributed by atoms with Crippen LogP contribution in [0.5, 0.6) is 0 Å². The van der Waals surface area contributed by atoms with E-state index in [1.54, 1.807) is 12.1 Å². The van der Waals surface area contributed by atoms with Crippen molar-refractivity contribution in [1.82, 2.24) is 5.32 Å². The number of amides is 2. The molecule has 84 valence electrons. The SMILES string of the molecule is NC(=O)C1CNCC(=O)N1c1ccccc1. The largest absolute Gasteiger partial charge is 0.368 e. The number of anilines is 1. The molecule has 1 unspecified atom stereocenters. The van der Waals surface area contributed by atoms with E-state index in [-0.39, 0.29) is 12.5 Å². The number of piperazine rings is 1. The number of nitrogens with two attached hydrogens (primary N) is 1. The van der Waals surface area contributed by atoms with Crippen LogP contribution < -0.4 is 16.0 Å². The molecule has 0 aliphatic carbocycles. The van der Waals surface area contributed by atoms with Crippen molar-refractivity contribution in [3.05, 3.63) is 30.3 Å². The molecule has 1 aliphatic heterocycles. The van der Waals surface area contributed by atoms with Gasteiger partial charge >= 0.3 is 0 Å². The van der Waals surface area contributed by atoms with Gasteiger partial charge in [0.1, 0.15) is 6.04 Å². The number of hydrogen-bond donors (Lipinski definition) is 2. The minimum Gasteiger partial charge on any atom is -0.368 e. The first-order valence-corrected chi connectivity index (χ1v) is 5.07. The number of benzene rings is 1. The smallest absolute Gasteiger partial charge is 0.241 e. The van der Waals surface area contributed by atoms with Gasteiger partial charge in [0.05, 0.1) is 6.54 Å². The molecule has 0 aromatic heterocycles. The van der Waals surface area contributed by atoms with Crippen LogP contribution in [0.1, 0.15) is 0 Å². The van der Waals surface area contributed by atoms with Crippen molar-refractivity contribution >= 4 is 17.5 Å². The number of primary amides is 1. The predicted molar refractivity (Wildman–Crippen MR) is 59.8 cm³/mol. The molecule has 0 bridgehead atoms. The van der Waals surface area contributed by atoms with Gasteiger partial charge in [-0.3, -0.25) is 14.5 Å². The molecule has 1 aliphatic rings. The summed E-state index contributed by atoms with van der Waals surface area (Å²) in [7, 11) is 0.